The smallest absolute Gasteiger partial charge is 0.254 e. The van der Waals surface area contributed by atoms with Crippen LogP contribution in [0.4, 0.5) is 0 Å². The van der Waals surface area contributed by atoms with E-state index in [4.69, 9.17) is 0 Å². The van der Waals surface area contributed by atoms with Crippen molar-refractivity contribution in [2.45, 2.75) is 26.7 Å². The first-order valence-corrected chi connectivity index (χ1v) is 7.50. The summed E-state index contributed by atoms with van der Waals surface area (Å²) < 4.78 is 0. The van der Waals surface area contributed by atoms with Gasteiger partial charge >= 0.3 is 0 Å². The van der Waals surface area contributed by atoms with E-state index in [9.17, 15) is 4.79 Å². The lowest BCUT2D eigenvalue weighted by molar-refractivity contribution is 0.849. The van der Waals surface area contributed by atoms with Crippen LogP contribution in [0.15, 0.2) is 41.7 Å². The number of para-hydroxylation sites is 1. The standard InChI is InChI=1S/C18H18N4O/c1-4-7-14-12(3)20-17(22-18(14)23)10-16-19-11(2)13-8-5-6-9-15(13)21-16/h4-6,8-9H,1,7,10H2,2-3H3,(H,20,22,23). The number of hydrogen-bond donors (Lipinski definition) is 1. The monoisotopic (exact) mass is 306 g/mol. The second kappa shape index (κ2) is 6.12. The van der Waals surface area contributed by atoms with Gasteiger partial charge in [0.1, 0.15) is 11.6 Å². The zero-order valence-corrected chi connectivity index (χ0v) is 13.3. The number of nitrogens with one attached hydrogen (secondary N) is 1. The second-order valence-electron chi connectivity index (χ2n) is 5.49. The van der Waals surface area contributed by atoms with E-state index in [0.717, 1.165) is 22.3 Å². The molecule has 3 rings (SSSR count). The number of fused-ring (bicyclic) bond motifs is 1. The highest BCUT2D eigenvalue weighted by atomic mass is 16.1. The summed E-state index contributed by atoms with van der Waals surface area (Å²) in [6, 6.07) is 7.89. The van der Waals surface area contributed by atoms with Crippen LogP contribution < -0.4 is 5.56 Å². The minimum absolute atomic E-state index is 0.120. The Bertz CT molecular complexity index is 943. The molecule has 0 saturated carbocycles. The molecule has 116 valence electrons. The predicted molar refractivity (Wildman–Crippen MR) is 90.6 cm³/mol. The lowest BCUT2D eigenvalue weighted by atomic mass is 10.1. The van der Waals surface area contributed by atoms with Crippen LogP contribution >= 0.6 is 0 Å². The zero-order valence-electron chi connectivity index (χ0n) is 13.3. The molecule has 1 N–H and O–H groups in total. The van der Waals surface area contributed by atoms with Crippen molar-refractivity contribution in [1.29, 1.82) is 0 Å². The number of allylic oxidation sites excluding steroid dienone is 1. The van der Waals surface area contributed by atoms with Crippen molar-refractivity contribution >= 4 is 10.9 Å². The van der Waals surface area contributed by atoms with Crippen LogP contribution in [0.5, 0.6) is 0 Å². The minimum Gasteiger partial charge on any atom is -0.310 e. The van der Waals surface area contributed by atoms with Gasteiger partial charge in [-0.3, -0.25) is 4.79 Å². The van der Waals surface area contributed by atoms with Gasteiger partial charge in [0.15, 0.2) is 0 Å². The molecule has 5 nitrogen and oxygen atoms in total. The van der Waals surface area contributed by atoms with Crippen LogP contribution in [-0.4, -0.2) is 19.9 Å². The van der Waals surface area contributed by atoms with Crippen LogP contribution in [0, 0.1) is 13.8 Å². The Labute approximate surface area is 134 Å². The van der Waals surface area contributed by atoms with Crippen LogP contribution in [0.25, 0.3) is 10.9 Å². The summed E-state index contributed by atoms with van der Waals surface area (Å²) in [6.07, 6.45) is 2.62. The number of benzene rings is 1. The van der Waals surface area contributed by atoms with Crippen LogP contribution in [0.1, 0.15) is 28.6 Å². The molecule has 0 bridgehead atoms. The van der Waals surface area contributed by atoms with Crippen molar-refractivity contribution in [2.24, 2.45) is 0 Å². The molecule has 2 aromatic heterocycles. The van der Waals surface area contributed by atoms with Gasteiger partial charge in [0.2, 0.25) is 0 Å². The summed E-state index contributed by atoms with van der Waals surface area (Å²) in [6.45, 7) is 7.46. The van der Waals surface area contributed by atoms with Gasteiger partial charge in [0.05, 0.1) is 11.9 Å². The molecule has 0 spiro atoms. The van der Waals surface area contributed by atoms with Gasteiger partial charge in [-0.25, -0.2) is 15.0 Å². The first-order chi connectivity index (χ1) is 11.1. The molecule has 0 amide bonds. The van der Waals surface area contributed by atoms with Gasteiger partial charge in [0.25, 0.3) is 5.56 Å². The fraction of sp³-hybridized carbons (Fsp3) is 0.222. The number of aryl methyl sites for hydroxylation is 2. The Balaban J connectivity index is 1.99. The lowest BCUT2D eigenvalue weighted by Gasteiger charge is -2.07. The Hall–Kier alpha value is -2.82. The molecular formula is C18H18N4O. The topological polar surface area (TPSA) is 71.5 Å². The molecule has 0 atom stereocenters. The van der Waals surface area contributed by atoms with Crippen LogP contribution in [0.3, 0.4) is 0 Å². The van der Waals surface area contributed by atoms with Crippen molar-refractivity contribution in [3.8, 4) is 0 Å². The largest absolute Gasteiger partial charge is 0.310 e. The summed E-state index contributed by atoms with van der Waals surface area (Å²) in [5.74, 6) is 1.23. The summed E-state index contributed by atoms with van der Waals surface area (Å²) in [7, 11) is 0. The van der Waals surface area contributed by atoms with Crippen molar-refractivity contribution < 1.29 is 0 Å². The third-order valence-electron chi connectivity index (χ3n) is 3.79. The molecule has 0 saturated heterocycles. The molecule has 0 radical (unpaired) electrons. The number of nitrogens with zero attached hydrogens (tertiary/aromatic N) is 3. The Kier molecular flexibility index (Phi) is 4.02. The molecule has 0 aliphatic carbocycles. The summed E-state index contributed by atoms with van der Waals surface area (Å²) >= 11 is 0. The van der Waals surface area contributed by atoms with E-state index < -0.39 is 0 Å². The molecule has 3 aromatic rings. The highest BCUT2D eigenvalue weighted by Crippen LogP contribution is 2.15. The third-order valence-corrected chi connectivity index (χ3v) is 3.79. The van der Waals surface area contributed by atoms with E-state index in [-0.39, 0.29) is 5.56 Å². The zero-order chi connectivity index (χ0) is 16.4. The van der Waals surface area contributed by atoms with Crippen molar-refractivity contribution in [2.75, 3.05) is 0 Å². The highest BCUT2D eigenvalue weighted by Gasteiger charge is 2.10. The lowest BCUT2D eigenvalue weighted by Crippen LogP contribution is -2.19. The molecule has 0 fully saturated rings. The quantitative estimate of drug-likeness (QED) is 0.752. The van der Waals surface area contributed by atoms with Crippen molar-refractivity contribution in [3.63, 3.8) is 0 Å². The number of aromatic nitrogens is 4. The van der Waals surface area contributed by atoms with Crippen LogP contribution in [0.2, 0.25) is 0 Å². The van der Waals surface area contributed by atoms with Crippen molar-refractivity contribution in [3.05, 3.63) is 75.9 Å². The maximum Gasteiger partial charge on any atom is 0.254 e. The van der Waals surface area contributed by atoms with Crippen LogP contribution in [-0.2, 0) is 12.8 Å². The number of hydrogen-bond acceptors (Lipinski definition) is 4. The Morgan fingerprint density at radius 2 is 1.91 bits per heavy atom. The SMILES string of the molecule is C=CCc1c(C)nc(Cc2nc(C)c3ccccc3n2)[nH]c1=O. The van der Waals surface area contributed by atoms with E-state index >= 15 is 0 Å². The maximum atomic E-state index is 12.1. The maximum absolute atomic E-state index is 12.1. The van der Waals surface area contributed by atoms with Gasteiger partial charge in [-0.15, -0.1) is 6.58 Å². The van der Waals surface area contributed by atoms with E-state index in [1.165, 1.54) is 0 Å². The summed E-state index contributed by atoms with van der Waals surface area (Å²) in [5.41, 5.74) is 3.08. The van der Waals surface area contributed by atoms with E-state index in [2.05, 4.69) is 26.5 Å². The molecule has 23 heavy (non-hydrogen) atoms. The van der Waals surface area contributed by atoms with Gasteiger partial charge in [-0.2, -0.15) is 0 Å². The van der Waals surface area contributed by atoms with Gasteiger partial charge in [-0.1, -0.05) is 24.3 Å². The van der Waals surface area contributed by atoms with Gasteiger partial charge in [-0.05, 0) is 26.3 Å². The first kappa shape index (κ1) is 15.1. The van der Waals surface area contributed by atoms with E-state index in [1.54, 1.807) is 6.08 Å². The fourth-order valence-electron chi connectivity index (χ4n) is 2.66. The van der Waals surface area contributed by atoms with Gasteiger partial charge in [0, 0.05) is 22.3 Å². The number of rotatable bonds is 4. The van der Waals surface area contributed by atoms with E-state index in [0.29, 0.717) is 30.1 Å². The number of H-pyrrole nitrogens is 1. The second-order valence-corrected chi connectivity index (χ2v) is 5.49. The molecular weight excluding hydrogens is 288 g/mol. The molecule has 0 aliphatic rings. The average molecular weight is 306 g/mol. The Morgan fingerprint density at radius 3 is 2.65 bits per heavy atom. The molecule has 5 heteroatoms. The third kappa shape index (κ3) is 3.04. The van der Waals surface area contributed by atoms with Crippen molar-refractivity contribution in [1.82, 2.24) is 19.9 Å². The highest BCUT2D eigenvalue weighted by molar-refractivity contribution is 5.80. The van der Waals surface area contributed by atoms with Gasteiger partial charge < -0.3 is 4.98 Å². The normalized spacial score (nSPS) is 10.9. The molecule has 0 unspecified atom stereocenters. The molecule has 0 aliphatic heterocycles. The summed E-state index contributed by atoms with van der Waals surface area (Å²) in [4.78, 5) is 28.5. The Morgan fingerprint density at radius 1 is 1.13 bits per heavy atom. The first-order valence-electron chi connectivity index (χ1n) is 7.50. The fourth-order valence-corrected chi connectivity index (χ4v) is 2.66. The predicted octanol–water partition coefficient (Wildman–Crippen LogP) is 2.65. The molecule has 1 aromatic carbocycles. The number of aromatic amines is 1. The minimum atomic E-state index is -0.120. The average Bonchev–Trinajstić information content (AvgIpc) is 2.51. The van der Waals surface area contributed by atoms with E-state index in [1.807, 2.05) is 38.1 Å². The summed E-state index contributed by atoms with van der Waals surface area (Å²) in [5, 5.41) is 1.04. The molecule has 2 heterocycles.